The zero-order valence-electron chi connectivity index (χ0n) is 21.3. The highest BCUT2D eigenvalue weighted by molar-refractivity contribution is 5.78. The highest BCUT2D eigenvalue weighted by Crippen LogP contribution is 2.25. The maximum absolute atomic E-state index is 4.69. The standard InChI is InChI=1S/C30H37N5/c1-6-26-13-14-31-29(19-23(26)4)27-9-7-25(8-10-27)20-24(5)33-30-12-11-28(21-32-30)35-17-15-34(16-18-35)22(2)3/h7-12,14,19,21H,2,5-6,13,15-18,20H2,1,3-4H3,(H,32,33). The second-order valence-corrected chi connectivity index (χ2v) is 9.40. The number of aliphatic imine (C=N–C) groups is 1. The fourth-order valence-electron chi connectivity index (χ4n) is 4.60. The number of nitrogens with zero attached hydrogens (tertiary/aromatic N) is 4. The van der Waals surface area contributed by atoms with Crippen LogP contribution in [0.3, 0.4) is 0 Å². The molecule has 35 heavy (non-hydrogen) atoms. The van der Waals surface area contributed by atoms with Crippen molar-refractivity contribution in [2.45, 2.75) is 40.0 Å². The highest BCUT2D eigenvalue weighted by Gasteiger charge is 2.17. The zero-order valence-corrected chi connectivity index (χ0v) is 21.3. The number of aromatic nitrogens is 1. The number of nitrogens with one attached hydrogen (secondary N) is 1. The summed E-state index contributed by atoms with van der Waals surface area (Å²) in [4.78, 5) is 14.0. The molecule has 0 spiro atoms. The van der Waals surface area contributed by atoms with Crippen LogP contribution in [0.4, 0.5) is 11.5 Å². The minimum Gasteiger partial charge on any atom is -0.372 e. The molecule has 1 saturated heterocycles. The molecular weight excluding hydrogens is 430 g/mol. The Kier molecular flexibility index (Phi) is 7.86. The molecule has 0 saturated carbocycles. The monoisotopic (exact) mass is 467 g/mol. The first kappa shape index (κ1) is 24.5. The van der Waals surface area contributed by atoms with Gasteiger partial charge >= 0.3 is 0 Å². The Morgan fingerprint density at radius 1 is 1.03 bits per heavy atom. The Morgan fingerprint density at radius 3 is 2.40 bits per heavy atom. The predicted molar refractivity (Wildman–Crippen MR) is 150 cm³/mol. The van der Waals surface area contributed by atoms with Crippen LogP contribution < -0.4 is 10.2 Å². The number of rotatable bonds is 8. The first-order valence-electron chi connectivity index (χ1n) is 12.5. The molecule has 0 bridgehead atoms. The fraction of sp³-hybridized carbons (Fsp3) is 0.333. The van der Waals surface area contributed by atoms with E-state index in [0.717, 1.165) is 79.6 Å². The van der Waals surface area contributed by atoms with E-state index in [0.29, 0.717) is 0 Å². The van der Waals surface area contributed by atoms with E-state index in [1.807, 2.05) is 18.5 Å². The van der Waals surface area contributed by atoms with Crippen LogP contribution >= 0.6 is 0 Å². The molecule has 1 aromatic heterocycles. The largest absolute Gasteiger partial charge is 0.372 e. The summed E-state index contributed by atoms with van der Waals surface area (Å²) in [6, 6.07) is 12.8. The van der Waals surface area contributed by atoms with E-state index in [9.17, 15) is 0 Å². The molecule has 0 unspecified atom stereocenters. The summed E-state index contributed by atoms with van der Waals surface area (Å²) in [7, 11) is 0. The Labute approximate surface area is 210 Å². The van der Waals surface area contributed by atoms with Gasteiger partial charge in [0, 0.05) is 62.2 Å². The van der Waals surface area contributed by atoms with E-state index in [2.05, 4.69) is 95.4 Å². The lowest BCUT2D eigenvalue weighted by Gasteiger charge is -2.37. The van der Waals surface area contributed by atoms with E-state index in [-0.39, 0.29) is 0 Å². The molecule has 0 atom stereocenters. The fourth-order valence-corrected chi connectivity index (χ4v) is 4.60. The molecule has 4 rings (SSSR count). The van der Waals surface area contributed by atoms with Crippen molar-refractivity contribution >= 4 is 23.4 Å². The quantitative estimate of drug-likeness (QED) is 0.485. The Balaban J connectivity index is 1.32. The van der Waals surface area contributed by atoms with Crippen molar-refractivity contribution in [3.63, 3.8) is 0 Å². The molecule has 5 nitrogen and oxygen atoms in total. The normalized spacial score (nSPS) is 16.1. The van der Waals surface area contributed by atoms with Crippen molar-refractivity contribution in [2.24, 2.45) is 4.99 Å². The van der Waals surface area contributed by atoms with Crippen LogP contribution in [-0.4, -0.2) is 42.3 Å². The first-order valence-corrected chi connectivity index (χ1v) is 12.5. The minimum atomic E-state index is 0.744. The van der Waals surface area contributed by atoms with E-state index >= 15 is 0 Å². The van der Waals surface area contributed by atoms with E-state index in [1.165, 1.54) is 16.7 Å². The van der Waals surface area contributed by atoms with Gasteiger partial charge in [0.1, 0.15) is 5.82 Å². The van der Waals surface area contributed by atoms with Gasteiger partial charge in [0.05, 0.1) is 17.6 Å². The van der Waals surface area contributed by atoms with Crippen molar-refractivity contribution in [2.75, 3.05) is 36.4 Å². The second kappa shape index (κ2) is 11.2. The number of hydrogen-bond donors (Lipinski definition) is 1. The van der Waals surface area contributed by atoms with Gasteiger partial charge in [-0.25, -0.2) is 4.98 Å². The molecule has 0 aliphatic carbocycles. The average molecular weight is 468 g/mol. The highest BCUT2D eigenvalue weighted by atomic mass is 15.3. The van der Waals surface area contributed by atoms with Crippen LogP contribution in [0.1, 0.15) is 44.7 Å². The smallest absolute Gasteiger partial charge is 0.130 e. The molecule has 0 radical (unpaired) electrons. The lowest BCUT2D eigenvalue weighted by molar-refractivity contribution is 0.323. The van der Waals surface area contributed by atoms with Gasteiger partial charge in [-0.3, -0.25) is 4.99 Å². The summed E-state index contributed by atoms with van der Waals surface area (Å²) >= 11 is 0. The molecule has 1 aromatic carbocycles. The maximum atomic E-state index is 4.69. The summed E-state index contributed by atoms with van der Waals surface area (Å²) in [5.41, 5.74) is 9.38. The van der Waals surface area contributed by atoms with Gasteiger partial charge in [0.25, 0.3) is 0 Å². The third-order valence-corrected chi connectivity index (χ3v) is 6.81. The van der Waals surface area contributed by atoms with Crippen molar-refractivity contribution in [1.82, 2.24) is 9.88 Å². The van der Waals surface area contributed by atoms with Crippen molar-refractivity contribution < 1.29 is 0 Å². The lowest BCUT2D eigenvalue weighted by Crippen LogP contribution is -2.45. The van der Waals surface area contributed by atoms with Crippen molar-refractivity contribution in [3.05, 3.63) is 95.5 Å². The molecule has 2 aliphatic rings. The van der Waals surface area contributed by atoms with Gasteiger partial charge in [0.2, 0.25) is 0 Å². The van der Waals surface area contributed by atoms with Gasteiger partial charge < -0.3 is 15.1 Å². The average Bonchev–Trinajstić information content (AvgIpc) is 3.06. The van der Waals surface area contributed by atoms with Crippen LogP contribution in [0.15, 0.2) is 89.4 Å². The van der Waals surface area contributed by atoms with Gasteiger partial charge in [0.15, 0.2) is 0 Å². The molecular formula is C30H37N5. The molecule has 1 fully saturated rings. The van der Waals surface area contributed by atoms with Crippen molar-refractivity contribution in [1.29, 1.82) is 0 Å². The predicted octanol–water partition coefficient (Wildman–Crippen LogP) is 6.45. The SMILES string of the molecule is C=C(Cc1ccc(C2=CC(C)=C(CC)CC=N2)cc1)Nc1ccc(N2CCN(C(=C)C)CC2)cn1. The number of pyridine rings is 1. The molecule has 182 valence electrons. The Hall–Kier alpha value is -3.60. The van der Waals surface area contributed by atoms with Crippen LogP contribution in [-0.2, 0) is 6.42 Å². The molecule has 2 aromatic rings. The summed E-state index contributed by atoms with van der Waals surface area (Å²) < 4.78 is 0. The number of allylic oxidation sites excluding steroid dienone is 5. The summed E-state index contributed by atoms with van der Waals surface area (Å²) in [6.45, 7) is 18.7. The summed E-state index contributed by atoms with van der Waals surface area (Å²) in [6.07, 6.45) is 8.93. The van der Waals surface area contributed by atoms with E-state index in [1.54, 1.807) is 0 Å². The number of anilines is 2. The summed E-state index contributed by atoms with van der Waals surface area (Å²) in [5.74, 6) is 0.822. The molecule has 1 N–H and O–H groups in total. The van der Waals surface area contributed by atoms with Crippen LogP contribution in [0.5, 0.6) is 0 Å². The van der Waals surface area contributed by atoms with Crippen LogP contribution in [0.2, 0.25) is 0 Å². The second-order valence-electron chi connectivity index (χ2n) is 9.40. The van der Waals surface area contributed by atoms with Gasteiger partial charge in [-0.05, 0) is 49.6 Å². The number of piperazine rings is 1. The molecule has 3 heterocycles. The Bertz CT molecular complexity index is 1140. The third kappa shape index (κ3) is 6.30. The van der Waals surface area contributed by atoms with E-state index < -0.39 is 0 Å². The molecule has 0 amide bonds. The number of hydrogen-bond acceptors (Lipinski definition) is 5. The third-order valence-electron chi connectivity index (χ3n) is 6.81. The van der Waals surface area contributed by atoms with Gasteiger partial charge in [-0.2, -0.15) is 0 Å². The maximum Gasteiger partial charge on any atom is 0.130 e. The first-order chi connectivity index (χ1) is 16.9. The molecule has 2 aliphatic heterocycles. The lowest BCUT2D eigenvalue weighted by atomic mass is 10.0. The van der Waals surface area contributed by atoms with Crippen molar-refractivity contribution in [3.8, 4) is 0 Å². The number of benzene rings is 1. The topological polar surface area (TPSA) is 43.8 Å². The molecule has 5 heteroatoms. The minimum absolute atomic E-state index is 0.744. The van der Waals surface area contributed by atoms with Crippen LogP contribution in [0.25, 0.3) is 5.70 Å². The van der Waals surface area contributed by atoms with Gasteiger partial charge in [-0.15, -0.1) is 0 Å². The van der Waals surface area contributed by atoms with Crippen LogP contribution in [0, 0.1) is 0 Å². The Morgan fingerprint density at radius 2 is 1.77 bits per heavy atom. The summed E-state index contributed by atoms with van der Waals surface area (Å²) in [5, 5.41) is 3.36. The van der Waals surface area contributed by atoms with Gasteiger partial charge in [-0.1, -0.05) is 49.9 Å². The van der Waals surface area contributed by atoms with E-state index in [4.69, 9.17) is 0 Å². The zero-order chi connectivity index (χ0) is 24.8.